The first kappa shape index (κ1) is 42.6. The Hall–Kier alpha value is -0.613. The Bertz CT molecular complexity index is 858. The van der Waals surface area contributed by atoms with E-state index in [4.69, 9.17) is 18.6 Å². The molecule has 0 amide bonds. The number of carbonyl (C=O) groups is 1. The second kappa shape index (κ2) is 20.9. The van der Waals surface area contributed by atoms with Gasteiger partial charge in [-0.15, -0.1) is 0 Å². The first-order valence-corrected chi connectivity index (χ1v) is 22.2. The van der Waals surface area contributed by atoms with Crippen LogP contribution < -0.4 is 0 Å². The molecule has 6 nitrogen and oxygen atoms in total. The summed E-state index contributed by atoms with van der Waals surface area (Å²) in [4.78, 5) is 11.8. The number of alkyl halides is 2. The van der Waals surface area contributed by atoms with Crippen LogP contribution in [0.1, 0.15) is 164 Å². The van der Waals surface area contributed by atoms with Gasteiger partial charge in [0, 0.05) is 25.9 Å². The molecule has 1 N–H and O–H groups in total. The third kappa shape index (κ3) is 15.4. The SMILES string of the molecule is CCCCCCC(F)(F)C(CC[C@@H]1C(CCCCCCCCC(=O)OC(C)C)[C@H](O)C[C@H]1OC1CCCCO1)O[Si](C)(C)C(C)(C)C. The number of aliphatic hydroxyl groups is 1. The standard InChI is InChI=1S/C38H72F2O6Si/c1-9-10-11-19-26-38(39,40)34(46-47(7,8)37(4,5)6)25-24-31-30(32(41)28-33(31)45-36-23-18-20-27-43-36)21-16-14-12-13-15-17-22-35(42)44-29(2)3/h29-34,36,41H,9-28H2,1-8H3/t30?,31-,32-,33-,34?,36?/m1/s1. The highest BCUT2D eigenvalue weighted by Gasteiger charge is 2.49. The van der Waals surface area contributed by atoms with E-state index in [0.29, 0.717) is 32.3 Å². The lowest BCUT2D eigenvalue weighted by Gasteiger charge is -2.42. The predicted molar refractivity (Wildman–Crippen MR) is 189 cm³/mol. The number of unbranched alkanes of at least 4 members (excludes halogenated alkanes) is 8. The van der Waals surface area contributed by atoms with Crippen LogP contribution in [0.2, 0.25) is 18.1 Å². The fraction of sp³-hybridized carbons (Fsp3) is 0.974. The highest BCUT2D eigenvalue weighted by Crippen LogP contribution is 2.45. The molecule has 2 fully saturated rings. The Morgan fingerprint density at radius 1 is 0.936 bits per heavy atom. The molecule has 0 aromatic rings. The zero-order valence-electron chi connectivity index (χ0n) is 31.4. The smallest absolute Gasteiger partial charge is 0.306 e. The number of rotatable bonds is 23. The van der Waals surface area contributed by atoms with Crippen LogP contribution >= 0.6 is 0 Å². The molecule has 1 saturated carbocycles. The van der Waals surface area contributed by atoms with Crippen molar-refractivity contribution in [2.75, 3.05) is 6.61 Å². The van der Waals surface area contributed by atoms with Crippen LogP contribution in [0.25, 0.3) is 0 Å². The molecule has 0 aromatic heterocycles. The molecule has 9 heteroatoms. The van der Waals surface area contributed by atoms with Crippen molar-refractivity contribution in [2.45, 2.75) is 218 Å². The number of carbonyl (C=O) groups excluding carboxylic acids is 1. The van der Waals surface area contributed by atoms with Gasteiger partial charge in [-0.05, 0) is 95.2 Å². The summed E-state index contributed by atoms with van der Waals surface area (Å²) in [6.45, 7) is 17.0. The average molecular weight is 691 g/mol. The van der Waals surface area contributed by atoms with E-state index in [1.54, 1.807) is 0 Å². The second-order valence-corrected chi connectivity index (χ2v) is 21.1. The Labute approximate surface area is 287 Å². The Morgan fingerprint density at radius 2 is 1.60 bits per heavy atom. The van der Waals surface area contributed by atoms with E-state index in [-0.39, 0.29) is 54.2 Å². The zero-order chi connectivity index (χ0) is 35.1. The van der Waals surface area contributed by atoms with Gasteiger partial charge in [-0.3, -0.25) is 4.79 Å². The van der Waals surface area contributed by atoms with Crippen LogP contribution in [0.5, 0.6) is 0 Å². The lowest BCUT2D eigenvalue weighted by molar-refractivity contribution is -0.197. The quantitative estimate of drug-likeness (QED) is 0.0653. The maximum absolute atomic E-state index is 16.0. The van der Waals surface area contributed by atoms with E-state index in [1.165, 1.54) is 0 Å². The monoisotopic (exact) mass is 691 g/mol. The largest absolute Gasteiger partial charge is 0.463 e. The zero-order valence-corrected chi connectivity index (χ0v) is 32.4. The van der Waals surface area contributed by atoms with Gasteiger partial charge >= 0.3 is 5.97 Å². The number of hydrogen-bond acceptors (Lipinski definition) is 6. The van der Waals surface area contributed by atoms with Crippen molar-refractivity contribution in [2.24, 2.45) is 11.8 Å². The molecular weight excluding hydrogens is 618 g/mol. The summed E-state index contributed by atoms with van der Waals surface area (Å²) >= 11 is 0. The van der Waals surface area contributed by atoms with E-state index in [2.05, 4.69) is 40.8 Å². The fourth-order valence-electron chi connectivity index (χ4n) is 6.98. The second-order valence-electron chi connectivity index (χ2n) is 16.3. The minimum atomic E-state index is -2.90. The van der Waals surface area contributed by atoms with Crippen LogP contribution in [-0.2, 0) is 23.4 Å². The van der Waals surface area contributed by atoms with E-state index >= 15 is 8.78 Å². The Balaban J connectivity index is 2.07. The fourth-order valence-corrected chi connectivity index (χ4v) is 8.34. The maximum Gasteiger partial charge on any atom is 0.306 e. The molecule has 47 heavy (non-hydrogen) atoms. The van der Waals surface area contributed by atoms with Gasteiger partial charge in [0.15, 0.2) is 14.6 Å². The number of halogens is 2. The van der Waals surface area contributed by atoms with Crippen LogP contribution in [0.3, 0.4) is 0 Å². The topological polar surface area (TPSA) is 74.2 Å². The van der Waals surface area contributed by atoms with Crippen LogP contribution in [0, 0.1) is 11.8 Å². The van der Waals surface area contributed by atoms with E-state index in [0.717, 1.165) is 83.5 Å². The van der Waals surface area contributed by atoms with E-state index in [9.17, 15) is 9.90 Å². The third-order valence-corrected chi connectivity index (χ3v) is 15.3. The number of aliphatic hydroxyl groups excluding tert-OH is 1. The molecule has 2 rings (SSSR count). The summed E-state index contributed by atoms with van der Waals surface area (Å²) < 4.78 is 56.2. The van der Waals surface area contributed by atoms with E-state index < -0.39 is 26.4 Å². The van der Waals surface area contributed by atoms with Crippen molar-refractivity contribution in [3.63, 3.8) is 0 Å². The molecule has 1 aliphatic heterocycles. The van der Waals surface area contributed by atoms with Gasteiger partial charge in [0.2, 0.25) is 0 Å². The molecule has 6 atom stereocenters. The van der Waals surface area contributed by atoms with Crippen molar-refractivity contribution in [3.05, 3.63) is 0 Å². The Morgan fingerprint density at radius 3 is 2.21 bits per heavy atom. The first-order chi connectivity index (χ1) is 22.1. The molecule has 0 spiro atoms. The van der Waals surface area contributed by atoms with Gasteiger partial charge < -0.3 is 23.7 Å². The molecular formula is C38H72F2O6Si. The van der Waals surface area contributed by atoms with Crippen molar-refractivity contribution in [1.29, 1.82) is 0 Å². The predicted octanol–water partition coefficient (Wildman–Crippen LogP) is 10.7. The Kier molecular flexibility index (Phi) is 18.9. The van der Waals surface area contributed by atoms with Gasteiger partial charge in [-0.2, -0.15) is 0 Å². The normalized spacial score (nSPS) is 25.0. The first-order valence-electron chi connectivity index (χ1n) is 19.3. The van der Waals surface area contributed by atoms with Crippen LogP contribution in [0.15, 0.2) is 0 Å². The van der Waals surface area contributed by atoms with Crippen LogP contribution in [-0.4, -0.2) is 62.6 Å². The summed E-state index contributed by atoms with van der Waals surface area (Å²) in [6, 6.07) is 0. The lowest BCUT2D eigenvalue weighted by atomic mass is 9.84. The van der Waals surface area contributed by atoms with Gasteiger partial charge in [0.05, 0.1) is 18.3 Å². The average Bonchev–Trinajstić information content (AvgIpc) is 3.27. The van der Waals surface area contributed by atoms with Crippen LogP contribution in [0.4, 0.5) is 8.78 Å². The molecule has 1 heterocycles. The molecule has 3 unspecified atom stereocenters. The van der Waals surface area contributed by atoms with Crippen molar-refractivity contribution >= 4 is 14.3 Å². The highest BCUT2D eigenvalue weighted by molar-refractivity contribution is 6.74. The van der Waals surface area contributed by atoms with Crippen molar-refractivity contribution < 1.29 is 37.3 Å². The molecule has 1 saturated heterocycles. The van der Waals surface area contributed by atoms with Crippen molar-refractivity contribution in [3.8, 4) is 0 Å². The molecule has 0 bridgehead atoms. The third-order valence-electron chi connectivity index (χ3n) is 10.8. The maximum atomic E-state index is 16.0. The molecule has 1 aliphatic carbocycles. The summed E-state index contributed by atoms with van der Waals surface area (Å²) in [6.07, 6.45) is 12.6. The molecule has 2 aliphatic rings. The minimum Gasteiger partial charge on any atom is -0.463 e. The summed E-state index contributed by atoms with van der Waals surface area (Å²) in [5.41, 5.74) is 0. The molecule has 0 radical (unpaired) electrons. The summed E-state index contributed by atoms with van der Waals surface area (Å²) in [5, 5.41) is 11.1. The van der Waals surface area contributed by atoms with Crippen molar-refractivity contribution in [1.82, 2.24) is 0 Å². The summed E-state index contributed by atoms with van der Waals surface area (Å²) in [5.74, 6) is -3.02. The number of hydrogen-bond donors (Lipinski definition) is 1. The molecule has 278 valence electrons. The summed E-state index contributed by atoms with van der Waals surface area (Å²) in [7, 11) is -2.45. The number of ether oxygens (including phenoxy) is 3. The van der Waals surface area contributed by atoms with Gasteiger partial charge in [-0.1, -0.05) is 79.1 Å². The van der Waals surface area contributed by atoms with Gasteiger partial charge in [0.1, 0.15) is 6.10 Å². The number of esters is 1. The van der Waals surface area contributed by atoms with E-state index in [1.807, 2.05) is 13.8 Å². The van der Waals surface area contributed by atoms with Gasteiger partial charge in [0.25, 0.3) is 5.92 Å². The van der Waals surface area contributed by atoms with Gasteiger partial charge in [-0.25, -0.2) is 8.78 Å². The highest BCUT2D eigenvalue weighted by atomic mass is 28.4. The minimum absolute atomic E-state index is 0.0103. The molecule has 0 aromatic carbocycles. The lowest BCUT2D eigenvalue weighted by Crippen LogP contribution is -2.49.